The van der Waals surface area contributed by atoms with E-state index >= 15 is 0 Å². The highest BCUT2D eigenvalue weighted by Crippen LogP contribution is 2.29. The Balaban J connectivity index is 1.47. The second-order valence-corrected chi connectivity index (χ2v) is 7.97. The van der Waals surface area contributed by atoms with Crippen LogP contribution in [-0.4, -0.2) is 40.7 Å². The minimum atomic E-state index is -0.554. The van der Waals surface area contributed by atoms with E-state index < -0.39 is 18.0 Å². The van der Waals surface area contributed by atoms with Crippen LogP contribution in [0.15, 0.2) is 48.7 Å². The standard InChI is InChI=1S/C24H25FN4O3/c1-15-12-28(16(2)27-15)13-18-4-6-19(7-5-18)22-9-8-20(10-23(22)25)29-14-21(32-24(29)31)11-26-17(3)30/h4-10,12,21H,11,13-14H2,1-3H3,(H,26,30). The lowest BCUT2D eigenvalue weighted by atomic mass is 10.0. The molecule has 2 aromatic carbocycles. The lowest BCUT2D eigenvalue weighted by molar-refractivity contribution is -0.119. The molecule has 0 spiro atoms. The normalized spacial score (nSPS) is 15.7. The van der Waals surface area contributed by atoms with Crippen molar-refractivity contribution in [2.75, 3.05) is 18.0 Å². The van der Waals surface area contributed by atoms with Gasteiger partial charge in [-0.2, -0.15) is 0 Å². The summed E-state index contributed by atoms with van der Waals surface area (Å²) in [7, 11) is 0. The number of ether oxygens (including phenoxy) is 1. The molecular weight excluding hydrogens is 411 g/mol. The van der Waals surface area contributed by atoms with Crippen molar-refractivity contribution < 1.29 is 18.7 Å². The third-order valence-corrected chi connectivity index (χ3v) is 5.43. The van der Waals surface area contributed by atoms with Crippen molar-refractivity contribution in [1.29, 1.82) is 0 Å². The maximum atomic E-state index is 14.9. The van der Waals surface area contributed by atoms with Gasteiger partial charge in [0.25, 0.3) is 0 Å². The van der Waals surface area contributed by atoms with Gasteiger partial charge in [0.05, 0.1) is 24.5 Å². The Morgan fingerprint density at radius 2 is 1.97 bits per heavy atom. The fourth-order valence-corrected chi connectivity index (χ4v) is 3.82. The molecule has 0 saturated carbocycles. The summed E-state index contributed by atoms with van der Waals surface area (Å²) in [4.78, 5) is 29.0. The lowest BCUT2D eigenvalue weighted by Crippen LogP contribution is -2.33. The molecule has 1 aromatic heterocycles. The minimum Gasteiger partial charge on any atom is -0.442 e. The molecule has 1 saturated heterocycles. The highest BCUT2D eigenvalue weighted by Gasteiger charge is 2.32. The van der Waals surface area contributed by atoms with Crippen LogP contribution in [0.1, 0.15) is 24.0 Å². The van der Waals surface area contributed by atoms with E-state index in [1.807, 2.05) is 44.3 Å². The van der Waals surface area contributed by atoms with Gasteiger partial charge in [0.2, 0.25) is 5.91 Å². The van der Waals surface area contributed by atoms with Gasteiger partial charge < -0.3 is 14.6 Å². The van der Waals surface area contributed by atoms with Gasteiger partial charge in [-0.15, -0.1) is 0 Å². The number of anilines is 1. The fraction of sp³-hybridized carbons (Fsp3) is 0.292. The van der Waals surface area contributed by atoms with Crippen LogP contribution in [0, 0.1) is 19.7 Å². The molecular formula is C24H25FN4O3. The molecule has 1 aliphatic rings. The average molecular weight is 436 g/mol. The fourth-order valence-electron chi connectivity index (χ4n) is 3.82. The predicted octanol–water partition coefficient (Wildman–Crippen LogP) is 3.82. The summed E-state index contributed by atoms with van der Waals surface area (Å²) >= 11 is 0. The number of nitrogens with zero attached hydrogens (tertiary/aromatic N) is 3. The van der Waals surface area contributed by atoms with Crippen LogP contribution in [0.5, 0.6) is 0 Å². The maximum Gasteiger partial charge on any atom is 0.414 e. The summed E-state index contributed by atoms with van der Waals surface area (Å²) in [5.74, 6) is 0.332. The summed E-state index contributed by atoms with van der Waals surface area (Å²) in [6.07, 6.45) is 0.984. The Labute approximate surface area is 185 Å². The predicted molar refractivity (Wildman–Crippen MR) is 119 cm³/mol. The number of hydrogen-bond donors (Lipinski definition) is 1. The van der Waals surface area contributed by atoms with Crippen LogP contribution < -0.4 is 10.2 Å². The number of nitrogens with one attached hydrogen (secondary N) is 1. The number of aryl methyl sites for hydroxylation is 2. The molecule has 0 radical (unpaired) electrons. The zero-order valence-corrected chi connectivity index (χ0v) is 18.3. The van der Waals surface area contributed by atoms with Gasteiger partial charge in [0.1, 0.15) is 17.7 Å². The van der Waals surface area contributed by atoms with Gasteiger partial charge >= 0.3 is 6.09 Å². The maximum absolute atomic E-state index is 14.9. The molecule has 4 rings (SSSR count). The van der Waals surface area contributed by atoms with Crippen LogP contribution in [0.25, 0.3) is 11.1 Å². The number of amides is 2. The molecule has 0 bridgehead atoms. The van der Waals surface area contributed by atoms with Crippen molar-refractivity contribution >= 4 is 17.7 Å². The van der Waals surface area contributed by atoms with Gasteiger partial charge in [-0.1, -0.05) is 24.3 Å². The summed E-state index contributed by atoms with van der Waals surface area (Å²) < 4.78 is 22.2. The van der Waals surface area contributed by atoms with Gasteiger partial charge in [-0.25, -0.2) is 14.2 Å². The first kappa shape index (κ1) is 21.5. The third-order valence-electron chi connectivity index (χ3n) is 5.43. The second-order valence-electron chi connectivity index (χ2n) is 7.97. The largest absolute Gasteiger partial charge is 0.442 e. The molecule has 8 heteroatoms. The summed E-state index contributed by atoms with van der Waals surface area (Å²) in [5.41, 5.74) is 3.70. The number of cyclic esters (lactones) is 1. The summed E-state index contributed by atoms with van der Waals surface area (Å²) in [6.45, 7) is 6.50. The van der Waals surface area contributed by atoms with E-state index in [4.69, 9.17) is 4.74 Å². The zero-order valence-electron chi connectivity index (χ0n) is 18.3. The molecule has 1 N–H and O–H groups in total. The minimum absolute atomic E-state index is 0.198. The van der Waals surface area contributed by atoms with Crippen LogP contribution in [-0.2, 0) is 16.1 Å². The first-order valence-electron chi connectivity index (χ1n) is 10.4. The Kier molecular flexibility index (Phi) is 5.94. The van der Waals surface area contributed by atoms with E-state index in [-0.39, 0.29) is 19.0 Å². The number of carbonyl (C=O) groups excluding carboxylic acids is 2. The molecule has 2 heterocycles. The number of carbonyl (C=O) groups is 2. The van der Waals surface area contributed by atoms with Gasteiger partial charge in [-0.3, -0.25) is 9.69 Å². The molecule has 0 aliphatic carbocycles. The number of halogens is 1. The number of imidazole rings is 1. The van der Waals surface area contributed by atoms with Crippen molar-refractivity contribution in [2.45, 2.75) is 33.4 Å². The van der Waals surface area contributed by atoms with Crippen LogP contribution in [0.2, 0.25) is 0 Å². The van der Waals surface area contributed by atoms with E-state index in [9.17, 15) is 14.0 Å². The first-order valence-corrected chi connectivity index (χ1v) is 10.4. The zero-order chi connectivity index (χ0) is 22.8. The first-order chi connectivity index (χ1) is 15.3. The molecule has 7 nitrogen and oxygen atoms in total. The summed E-state index contributed by atoms with van der Waals surface area (Å²) in [6, 6.07) is 12.4. The monoisotopic (exact) mass is 436 g/mol. The van der Waals surface area contributed by atoms with Crippen molar-refractivity contribution in [3.63, 3.8) is 0 Å². The highest BCUT2D eigenvalue weighted by atomic mass is 19.1. The van der Waals surface area contributed by atoms with E-state index in [0.29, 0.717) is 17.8 Å². The van der Waals surface area contributed by atoms with Crippen molar-refractivity contribution in [2.24, 2.45) is 0 Å². The third kappa shape index (κ3) is 4.64. The quantitative estimate of drug-likeness (QED) is 0.638. The number of hydrogen-bond acceptors (Lipinski definition) is 4. The molecule has 2 amide bonds. The van der Waals surface area contributed by atoms with Gasteiger partial charge in [0, 0.05) is 25.2 Å². The number of aromatic nitrogens is 2. The molecule has 3 aromatic rings. The van der Waals surface area contributed by atoms with Crippen LogP contribution in [0.3, 0.4) is 0 Å². The molecule has 32 heavy (non-hydrogen) atoms. The van der Waals surface area contributed by atoms with E-state index in [0.717, 1.165) is 22.6 Å². The molecule has 166 valence electrons. The van der Waals surface area contributed by atoms with E-state index in [2.05, 4.69) is 14.9 Å². The average Bonchev–Trinajstić information content (AvgIpc) is 3.28. The van der Waals surface area contributed by atoms with Gasteiger partial charge in [0.15, 0.2) is 0 Å². The smallest absolute Gasteiger partial charge is 0.414 e. The van der Waals surface area contributed by atoms with Crippen LogP contribution in [0.4, 0.5) is 14.9 Å². The number of rotatable bonds is 6. The molecule has 1 atom stereocenters. The van der Waals surface area contributed by atoms with Crippen molar-refractivity contribution in [1.82, 2.24) is 14.9 Å². The second kappa shape index (κ2) is 8.82. The number of benzene rings is 2. The Bertz CT molecular complexity index is 1160. The van der Waals surface area contributed by atoms with Crippen LogP contribution >= 0.6 is 0 Å². The van der Waals surface area contributed by atoms with Gasteiger partial charge in [-0.05, 0) is 43.2 Å². The molecule has 1 fully saturated rings. The summed E-state index contributed by atoms with van der Waals surface area (Å²) in [5, 5.41) is 2.62. The molecule has 1 aliphatic heterocycles. The Hall–Kier alpha value is -3.68. The SMILES string of the molecule is CC(=O)NCC1CN(c2ccc(-c3ccc(Cn4cc(C)nc4C)cc3)c(F)c2)C(=O)O1. The van der Waals surface area contributed by atoms with E-state index in [1.165, 1.54) is 17.9 Å². The lowest BCUT2D eigenvalue weighted by Gasteiger charge is -2.15. The topological polar surface area (TPSA) is 76.5 Å². The van der Waals surface area contributed by atoms with Crippen molar-refractivity contribution in [3.8, 4) is 11.1 Å². The Morgan fingerprint density at radius 1 is 1.22 bits per heavy atom. The van der Waals surface area contributed by atoms with E-state index in [1.54, 1.807) is 12.1 Å². The Morgan fingerprint density at radius 3 is 2.59 bits per heavy atom. The molecule has 1 unspecified atom stereocenters. The van der Waals surface area contributed by atoms with Crippen molar-refractivity contribution in [3.05, 3.63) is 71.6 Å². The highest BCUT2D eigenvalue weighted by molar-refractivity contribution is 5.90.